The molecule has 1 saturated heterocycles. The van der Waals surface area contributed by atoms with E-state index in [4.69, 9.17) is 4.74 Å². The van der Waals surface area contributed by atoms with Gasteiger partial charge in [0.25, 0.3) is 5.56 Å². The lowest BCUT2D eigenvalue weighted by Gasteiger charge is -2.38. The minimum absolute atomic E-state index is 0.00537. The highest BCUT2D eigenvalue weighted by atomic mass is 19.3. The van der Waals surface area contributed by atoms with Crippen LogP contribution in [-0.2, 0) is 30.4 Å². The lowest BCUT2D eigenvalue weighted by atomic mass is 9.91. The van der Waals surface area contributed by atoms with Crippen molar-refractivity contribution in [3.63, 3.8) is 0 Å². The van der Waals surface area contributed by atoms with Crippen LogP contribution in [0.4, 0.5) is 13.2 Å². The Kier molecular flexibility index (Phi) is 7.37. The predicted molar refractivity (Wildman–Crippen MR) is 145 cm³/mol. The SMILES string of the molecule is CC(=O)N1CC(Cc2ccc(OC(F)F)c(Cn3c4cc(-c5cnc(C(C)(C)O)nc5)c(F)cc4c(=O)n3C)c2)C1. The summed E-state index contributed by atoms with van der Waals surface area (Å²) in [5.41, 5.74) is 0.420. The van der Waals surface area contributed by atoms with Crippen molar-refractivity contribution < 1.29 is 27.8 Å². The van der Waals surface area contributed by atoms with Gasteiger partial charge in [-0.2, -0.15) is 8.78 Å². The lowest BCUT2D eigenvalue weighted by molar-refractivity contribution is -0.134. The second-order valence-electron chi connectivity index (χ2n) is 10.9. The summed E-state index contributed by atoms with van der Waals surface area (Å²) in [7, 11) is 1.52. The first kappa shape index (κ1) is 28.3. The number of aliphatic hydroxyl groups is 1. The van der Waals surface area contributed by atoms with Gasteiger partial charge in [-0.3, -0.25) is 19.0 Å². The van der Waals surface area contributed by atoms with E-state index >= 15 is 4.39 Å². The van der Waals surface area contributed by atoms with E-state index in [-0.39, 0.29) is 40.9 Å². The summed E-state index contributed by atoms with van der Waals surface area (Å²) in [4.78, 5) is 34.6. The lowest BCUT2D eigenvalue weighted by Crippen LogP contribution is -2.49. The van der Waals surface area contributed by atoms with E-state index in [0.717, 1.165) is 11.6 Å². The molecule has 5 rings (SSSR count). The maximum Gasteiger partial charge on any atom is 0.387 e. The highest BCUT2D eigenvalue weighted by molar-refractivity contribution is 5.84. The van der Waals surface area contributed by atoms with Crippen molar-refractivity contribution >= 4 is 16.8 Å². The number of hydrogen-bond acceptors (Lipinski definition) is 6. The molecule has 1 aliphatic rings. The van der Waals surface area contributed by atoms with Crippen molar-refractivity contribution in [1.29, 1.82) is 0 Å². The smallest absolute Gasteiger partial charge is 0.387 e. The first-order valence-electron chi connectivity index (χ1n) is 13.1. The van der Waals surface area contributed by atoms with Crippen molar-refractivity contribution in [1.82, 2.24) is 24.2 Å². The molecule has 3 heterocycles. The third-order valence-corrected chi connectivity index (χ3v) is 7.35. The first-order chi connectivity index (χ1) is 19.3. The fourth-order valence-corrected chi connectivity index (χ4v) is 5.13. The summed E-state index contributed by atoms with van der Waals surface area (Å²) < 4.78 is 49.4. The molecule has 4 aromatic rings. The summed E-state index contributed by atoms with van der Waals surface area (Å²) in [6, 6.07) is 7.59. The number of carbonyl (C=O) groups is 1. The van der Waals surface area contributed by atoms with Gasteiger partial charge >= 0.3 is 6.61 Å². The zero-order valence-corrected chi connectivity index (χ0v) is 23.1. The molecule has 0 atom stereocenters. The monoisotopic (exact) mass is 569 g/mol. The van der Waals surface area contributed by atoms with Crippen LogP contribution in [0.5, 0.6) is 5.75 Å². The molecular formula is C29H30F3N5O4. The average molecular weight is 570 g/mol. The van der Waals surface area contributed by atoms with Gasteiger partial charge in [0.05, 0.1) is 17.4 Å². The normalized spacial score (nSPS) is 14.1. The van der Waals surface area contributed by atoms with Crippen molar-refractivity contribution in [2.24, 2.45) is 13.0 Å². The van der Waals surface area contributed by atoms with Gasteiger partial charge in [-0.25, -0.2) is 14.4 Å². The van der Waals surface area contributed by atoms with E-state index in [0.29, 0.717) is 36.2 Å². The number of fused-ring (bicyclic) bond motifs is 1. The highest BCUT2D eigenvalue weighted by Crippen LogP contribution is 2.30. The van der Waals surface area contributed by atoms with Crippen LogP contribution in [-0.4, -0.2) is 54.9 Å². The van der Waals surface area contributed by atoms with Crippen LogP contribution in [0.1, 0.15) is 37.7 Å². The zero-order chi connectivity index (χ0) is 29.6. The van der Waals surface area contributed by atoms with Crippen molar-refractivity contribution in [3.05, 3.63) is 75.8 Å². The largest absolute Gasteiger partial charge is 0.434 e. The van der Waals surface area contributed by atoms with Crippen molar-refractivity contribution in [2.75, 3.05) is 13.1 Å². The van der Waals surface area contributed by atoms with E-state index < -0.39 is 23.6 Å². The first-order valence-corrected chi connectivity index (χ1v) is 13.1. The number of rotatable bonds is 8. The maximum absolute atomic E-state index is 15.2. The summed E-state index contributed by atoms with van der Waals surface area (Å²) in [5, 5.41) is 10.3. The molecule has 1 aliphatic heterocycles. The van der Waals surface area contributed by atoms with Gasteiger partial charge in [0, 0.05) is 56.1 Å². The number of nitrogens with zero attached hydrogens (tertiary/aromatic N) is 5. The molecule has 2 aromatic carbocycles. The van der Waals surface area contributed by atoms with Crippen LogP contribution in [0.15, 0.2) is 47.5 Å². The quantitative estimate of drug-likeness (QED) is 0.346. The molecule has 12 heteroatoms. The molecule has 0 radical (unpaired) electrons. The number of halogens is 3. The Balaban J connectivity index is 1.53. The highest BCUT2D eigenvalue weighted by Gasteiger charge is 2.29. The Morgan fingerprint density at radius 3 is 2.46 bits per heavy atom. The number of hydrogen-bond donors (Lipinski definition) is 1. The minimum atomic E-state index is -3.05. The molecule has 1 N–H and O–H groups in total. The average Bonchev–Trinajstić information content (AvgIpc) is 3.10. The standard InChI is InChI=1S/C29H30F3N5O4/c1-16(38)36-13-18(14-36)7-17-5-6-25(41-28(31)32)19(8-17)15-37-24-10-21(23(30)9-22(24)26(39)35(37)4)20-11-33-27(34-12-20)29(2,3)40/h5-6,8-12,18,28,40H,7,13-15H2,1-4H3. The Bertz CT molecular complexity index is 1670. The number of likely N-dealkylation sites (tertiary alicyclic amines) is 1. The molecule has 41 heavy (non-hydrogen) atoms. The van der Waals surface area contributed by atoms with Crippen LogP contribution in [0.25, 0.3) is 22.0 Å². The number of benzene rings is 2. The van der Waals surface area contributed by atoms with Gasteiger partial charge < -0.3 is 14.7 Å². The second-order valence-corrected chi connectivity index (χ2v) is 10.9. The predicted octanol–water partition coefficient (Wildman–Crippen LogP) is 3.83. The fourth-order valence-electron chi connectivity index (χ4n) is 5.13. The van der Waals surface area contributed by atoms with Gasteiger partial charge in [0.2, 0.25) is 5.91 Å². The number of amides is 1. The van der Waals surface area contributed by atoms with Crippen LogP contribution in [0.2, 0.25) is 0 Å². The molecule has 1 amide bonds. The number of alkyl halides is 2. The third-order valence-electron chi connectivity index (χ3n) is 7.35. The minimum Gasteiger partial charge on any atom is -0.434 e. The summed E-state index contributed by atoms with van der Waals surface area (Å²) >= 11 is 0. The molecule has 0 aliphatic carbocycles. The number of ether oxygens (including phenoxy) is 1. The molecule has 0 spiro atoms. The molecule has 0 bridgehead atoms. The van der Waals surface area contributed by atoms with Gasteiger partial charge in [0.1, 0.15) is 17.2 Å². The van der Waals surface area contributed by atoms with Crippen molar-refractivity contribution in [3.8, 4) is 16.9 Å². The maximum atomic E-state index is 15.2. The van der Waals surface area contributed by atoms with E-state index in [1.165, 1.54) is 57.0 Å². The van der Waals surface area contributed by atoms with E-state index in [2.05, 4.69) is 9.97 Å². The van der Waals surface area contributed by atoms with E-state index in [9.17, 15) is 23.5 Å². The molecule has 1 fully saturated rings. The van der Waals surface area contributed by atoms with Crippen LogP contribution >= 0.6 is 0 Å². The number of aromatic nitrogens is 4. The topological polar surface area (TPSA) is 102 Å². The molecule has 9 nitrogen and oxygen atoms in total. The summed E-state index contributed by atoms with van der Waals surface area (Å²) in [6.07, 6.45) is 3.43. The van der Waals surface area contributed by atoms with E-state index in [1.54, 1.807) is 21.7 Å². The van der Waals surface area contributed by atoms with Gasteiger partial charge in [-0.15, -0.1) is 0 Å². The molecule has 2 aromatic heterocycles. The Morgan fingerprint density at radius 2 is 1.85 bits per heavy atom. The second kappa shape index (κ2) is 10.7. The van der Waals surface area contributed by atoms with Gasteiger partial charge in [-0.05, 0) is 49.9 Å². The van der Waals surface area contributed by atoms with Crippen LogP contribution < -0.4 is 10.3 Å². The summed E-state index contributed by atoms with van der Waals surface area (Å²) in [5.74, 6) is -0.257. The number of carbonyl (C=O) groups excluding carboxylic acids is 1. The fraction of sp³-hybridized carbons (Fsp3) is 0.379. The van der Waals surface area contributed by atoms with E-state index in [1.807, 2.05) is 0 Å². The van der Waals surface area contributed by atoms with Gasteiger partial charge in [-0.1, -0.05) is 12.1 Å². The molecular weight excluding hydrogens is 539 g/mol. The molecule has 0 saturated carbocycles. The zero-order valence-electron chi connectivity index (χ0n) is 23.1. The van der Waals surface area contributed by atoms with Crippen LogP contribution in [0, 0.1) is 11.7 Å². The molecule has 0 unspecified atom stereocenters. The van der Waals surface area contributed by atoms with Crippen molar-refractivity contribution in [2.45, 2.75) is 45.9 Å². The Hall–Kier alpha value is -4.19. The Morgan fingerprint density at radius 1 is 1.17 bits per heavy atom. The van der Waals surface area contributed by atoms with Gasteiger partial charge in [0.15, 0.2) is 5.82 Å². The van der Waals surface area contributed by atoms with Crippen LogP contribution in [0.3, 0.4) is 0 Å². The Labute approximate surface area is 233 Å². The summed E-state index contributed by atoms with van der Waals surface area (Å²) in [6.45, 7) is 2.79. The third kappa shape index (κ3) is 5.69. The molecule has 216 valence electrons.